The van der Waals surface area contributed by atoms with Crippen LogP contribution in [0, 0.1) is 6.92 Å². The minimum absolute atomic E-state index is 0.174. The monoisotopic (exact) mass is 545 g/mol. The van der Waals surface area contributed by atoms with Crippen LogP contribution in [-0.2, 0) is 13.8 Å². The standard InChI is InChI=1S/C16H15N3OS.C6H11NO.C3H5NO.CH4OS/c1-4-6-7-11(5-2)19-12-8-9-17-15-13(12)14(10(3)21-15)18-16(19)20;8-5-7-6-3-1-2-4-6;1-2-3(4)5;1-2-3/h4-9H,2H2,1,3H3,(H,18,20);5-6H,1-4H2,(H,7,8);2H,1H2,(H2,4,5);3H,1H3/b6-4-,11-7+;;;. The first-order valence-corrected chi connectivity index (χ1v) is 12.7. The second-order valence-corrected chi connectivity index (χ2v) is 9.25. The zero-order chi connectivity index (χ0) is 27.8. The Hall–Kier alpha value is -3.41. The van der Waals surface area contributed by atoms with Crippen molar-refractivity contribution in [2.75, 3.05) is 17.3 Å². The minimum Gasteiger partial charge on any atom is -0.366 e. The highest BCUT2D eigenvalue weighted by Crippen LogP contribution is 2.44. The van der Waals surface area contributed by atoms with Crippen molar-refractivity contribution in [3.63, 3.8) is 0 Å². The molecule has 2 aliphatic rings. The maximum atomic E-state index is 12.5. The second-order valence-electron chi connectivity index (χ2n) is 7.69. The summed E-state index contributed by atoms with van der Waals surface area (Å²) in [6.45, 7) is 10.8. The molecule has 1 fully saturated rings. The lowest BCUT2D eigenvalue weighted by atomic mass is 10.1. The summed E-state index contributed by atoms with van der Waals surface area (Å²) in [4.78, 5) is 39.8. The van der Waals surface area contributed by atoms with E-state index in [0.29, 0.717) is 6.04 Å². The predicted molar refractivity (Wildman–Crippen MR) is 156 cm³/mol. The van der Waals surface area contributed by atoms with Crippen LogP contribution in [0.5, 0.6) is 0 Å². The number of hydrogen-bond acceptors (Lipinski definition) is 7. The minimum atomic E-state index is -0.481. The van der Waals surface area contributed by atoms with Crippen LogP contribution in [0.1, 0.15) is 37.5 Å². The molecule has 1 aliphatic heterocycles. The second kappa shape index (κ2) is 17.1. The molecule has 0 saturated heterocycles. The third-order valence-electron chi connectivity index (χ3n) is 5.21. The first-order valence-electron chi connectivity index (χ1n) is 11.5. The van der Waals surface area contributed by atoms with Crippen LogP contribution < -0.4 is 21.3 Å². The van der Waals surface area contributed by atoms with Crippen LogP contribution >= 0.6 is 24.2 Å². The van der Waals surface area contributed by atoms with E-state index in [1.807, 2.05) is 38.1 Å². The first-order chi connectivity index (χ1) is 17.8. The van der Waals surface area contributed by atoms with Gasteiger partial charge in [0.1, 0.15) is 4.83 Å². The summed E-state index contributed by atoms with van der Waals surface area (Å²) in [5.74, 6) is -0.481. The van der Waals surface area contributed by atoms with Gasteiger partial charge in [-0.05, 0) is 63.9 Å². The molecule has 2 aromatic heterocycles. The zero-order valence-electron chi connectivity index (χ0n) is 21.4. The highest BCUT2D eigenvalue weighted by molar-refractivity contribution is 7.75. The third kappa shape index (κ3) is 9.52. The summed E-state index contributed by atoms with van der Waals surface area (Å²) >= 11 is 4.88. The highest BCUT2D eigenvalue weighted by Gasteiger charge is 2.29. The van der Waals surface area contributed by atoms with Crippen molar-refractivity contribution in [1.82, 2.24) is 10.3 Å². The number of primary amides is 1. The summed E-state index contributed by atoms with van der Waals surface area (Å²) in [7, 11) is 1.49. The van der Waals surface area contributed by atoms with Gasteiger partial charge in [0.05, 0.1) is 22.5 Å². The lowest BCUT2D eigenvalue weighted by Gasteiger charge is -2.28. The van der Waals surface area contributed by atoms with Crippen molar-refractivity contribution in [2.24, 2.45) is 5.73 Å². The van der Waals surface area contributed by atoms with Crippen LogP contribution in [0.4, 0.5) is 16.2 Å². The lowest BCUT2D eigenvalue weighted by Crippen LogP contribution is -2.36. The third-order valence-corrected chi connectivity index (χ3v) is 6.22. The predicted octanol–water partition coefficient (Wildman–Crippen LogP) is 5.41. The molecule has 200 valence electrons. The molecule has 2 aromatic rings. The molecule has 0 radical (unpaired) electrons. The van der Waals surface area contributed by atoms with Gasteiger partial charge in [0.2, 0.25) is 12.3 Å². The summed E-state index contributed by atoms with van der Waals surface area (Å²) in [6.07, 6.45) is 15.9. The number of carbonyl (C=O) groups is 3. The van der Waals surface area contributed by atoms with Gasteiger partial charge < -0.3 is 20.6 Å². The van der Waals surface area contributed by atoms with Gasteiger partial charge in [0, 0.05) is 24.2 Å². The molecule has 0 spiro atoms. The van der Waals surface area contributed by atoms with Gasteiger partial charge in [-0.1, -0.05) is 38.2 Å². The van der Waals surface area contributed by atoms with E-state index in [1.165, 1.54) is 32.8 Å². The van der Waals surface area contributed by atoms with Crippen LogP contribution in [0.3, 0.4) is 0 Å². The largest absolute Gasteiger partial charge is 0.366 e. The molecule has 1 saturated carbocycles. The summed E-state index contributed by atoms with van der Waals surface area (Å²) < 4.78 is 3.94. The average molecular weight is 546 g/mol. The number of thiol groups is 1. The molecule has 0 atom stereocenters. The van der Waals surface area contributed by atoms with Gasteiger partial charge in [-0.3, -0.25) is 14.5 Å². The van der Waals surface area contributed by atoms with Crippen molar-refractivity contribution >= 4 is 64.2 Å². The van der Waals surface area contributed by atoms with Gasteiger partial charge in [0.25, 0.3) is 0 Å². The number of thiophene rings is 1. The van der Waals surface area contributed by atoms with Crippen LogP contribution in [0.15, 0.2) is 61.5 Å². The van der Waals surface area contributed by atoms with E-state index in [1.54, 1.807) is 28.5 Å². The van der Waals surface area contributed by atoms with E-state index in [2.05, 4.69) is 51.6 Å². The number of anilines is 2. The first kappa shape index (κ1) is 31.6. The maximum Gasteiger partial charge on any atom is 0.331 e. The van der Waals surface area contributed by atoms with Crippen molar-refractivity contribution in [3.8, 4) is 0 Å². The van der Waals surface area contributed by atoms with Crippen molar-refractivity contribution in [1.29, 1.82) is 0 Å². The number of rotatable bonds is 6. The number of urea groups is 1. The number of aromatic nitrogens is 1. The quantitative estimate of drug-likeness (QED) is 0.127. The zero-order valence-corrected chi connectivity index (χ0v) is 23.1. The molecular formula is C26H35N5O4S2. The number of nitrogens with one attached hydrogen (secondary N) is 2. The number of hydrogen-bond donors (Lipinski definition) is 4. The van der Waals surface area contributed by atoms with Crippen molar-refractivity contribution < 1.29 is 18.6 Å². The molecule has 0 bridgehead atoms. The van der Waals surface area contributed by atoms with E-state index in [4.69, 9.17) is 0 Å². The Morgan fingerprint density at radius 2 is 1.97 bits per heavy atom. The SMILES string of the molecule is C=C/C(=C\C=C/C)N1C(=O)Nc2c(C)sc3nccc1c23.C=CC(N)=O.COS.O=CNC1CCCC1. The summed E-state index contributed by atoms with van der Waals surface area (Å²) in [6, 6.07) is 2.18. The Kier molecular flexibility index (Phi) is 14.6. The molecule has 4 amide bonds. The molecule has 4 N–H and O–H groups in total. The highest BCUT2D eigenvalue weighted by atomic mass is 32.1. The number of nitrogens with two attached hydrogens (primary N) is 1. The van der Waals surface area contributed by atoms with Crippen LogP contribution in [0.2, 0.25) is 0 Å². The summed E-state index contributed by atoms with van der Waals surface area (Å²) in [5.41, 5.74) is 6.98. The molecule has 9 nitrogen and oxygen atoms in total. The van der Waals surface area contributed by atoms with Crippen LogP contribution in [-0.4, -0.2) is 36.5 Å². The Morgan fingerprint density at radius 3 is 2.49 bits per heavy atom. The Bertz CT molecular complexity index is 1140. The average Bonchev–Trinajstić information content (AvgIpc) is 3.51. The molecule has 37 heavy (non-hydrogen) atoms. The van der Waals surface area contributed by atoms with E-state index < -0.39 is 5.91 Å². The molecular weight excluding hydrogens is 510 g/mol. The van der Waals surface area contributed by atoms with Gasteiger partial charge in [-0.15, -0.1) is 11.3 Å². The number of amides is 4. The van der Waals surface area contributed by atoms with E-state index in [0.717, 1.165) is 44.7 Å². The number of carbonyl (C=O) groups excluding carboxylic acids is 3. The van der Waals surface area contributed by atoms with Gasteiger partial charge in [0.15, 0.2) is 0 Å². The summed E-state index contributed by atoms with van der Waals surface area (Å²) in [5, 5.41) is 6.72. The number of pyridine rings is 1. The topological polar surface area (TPSA) is 127 Å². The molecule has 0 unspecified atom stereocenters. The lowest BCUT2D eigenvalue weighted by molar-refractivity contribution is -0.113. The van der Waals surface area contributed by atoms with E-state index >= 15 is 0 Å². The van der Waals surface area contributed by atoms with Crippen molar-refractivity contribution in [3.05, 3.63) is 66.4 Å². The fraction of sp³-hybridized carbons (Fsp3) is 0.308. The van der Waals surface area contributed by atoms with E-state index in [9.17, 15) is 14.4 Å². The Labute approximate surface area is 227 Å². The van der Waals surface area contributed by atoms with Gasteiger partial charge >= 0.3 is 6.03 Å². The molecule has 4 rings (SSSR count). The fourth-order valence-corrected chi connectivity index (χ4v) is 4.57. The number of nitrogens with zero attached hydrogens (tertiary/aromatic N) is 2. The van der Waals surface area contributed by atoms with Crippen LogP contribution in [0.25, 0.3) is 10.2 Å². The van der Waals surface area contributed by atoms with Gasteiger partial charge in [-0.25, -0.2) is 9.78 Å². The molecule has 0 aromatic carbocycles. The van der Waals surface area contributed by atoms with E-state index in [-0.39, 0.29) is 6.03 Å². The van der Waals surface area contributed by atoms with Gasteiger partial charge in [-0.2, -0.15) is 0 Å². The smallest absolute Gasteiger partial charge is 0.331 e. The normalized spacial score (nSPS) is 14.3. The number of aryl methyl sites for hydroxylation is 1. The number of allylic oxidation sites excluding steroid dienone is 4. The molecule has 3 heterocycles. The molecule has 11 heteroatoms. The Balaban J connectivity index is 0.000000351. The maximum absolute atomic E-state index is 12.5. The molecule has 1 aliphatic carbocycles. The Morgan fingerprint density at radius 1 is 1.35 bits per heavy atom. The van der Waals surface area contributed by atoms with Crippen molar-refractivity contribution in [2.45, 2.75) is 45.6 Å². The fourth-order valence-electron chi connectivity index (χ4n) is 3.60.